The van der Waals surface area contributed by atoms with Gasteiger partial charge in [-0.1, -0.05) is 48.7 Å². The predicted octanol–water partition coefficient (Wildman–Crippen LogP) is 3.41. The highest BCUT2D eigenvalue weighted by molar-refractivity contribution is 9.10. The zero-order valence-electron chi connectivity index (χ0n) is 11.0. The molecule has 3 nitrogen and oxygen atoms in total. The van der Waals surface area contributed by atoms with Crippen LogP contribution in [0.15, 0.2) is 28.7 Å². The van der Waals surface area contributed by atoms with Crippen LogP contribution in [0.1, 0.15) is 26.7 Å². The van der Waals surface area contributed by atoms with Gasteiger partial charge in [-0.15, -0.1) is 0 Å². The molecule has 0 fully saturated rings. The normalized spacial score (nSPS) is 10.7. The first-order valence-electron chi connectivity index (χ1n) is 6.41. The van der Waals surface area contributed by atoms with Crippen molar-refractivity contribution in [2.75, 3.05) is 18.4 Å². The van der Waals surface area contributed by atoms with E-state index in [0.717, 1.165) is 29.5 Å². The number of carbonyl (C=O) groups excluding carboxylic acids is 1. The molecule has 2 N–H and O–H groups in total. The zero-order chi connectivity index (χ0) is 13.4. The summed E-state index contributed by atoms with van der Waals surface area (Å²) in [5, 5.41) is 6.06. The minimum Gasteiger partial charge on any atom is -0.325 e. The molecule has 18 heavy (non-hydrogen) atoms. The van der Waals surface area contributed by atoms with Crippen molar-refractivity contribution in [1.29, 1.82) is 0 Å². The highest BCUT2D eigenvalue weighted by Gasteiger charge is 2.05. The maximum absolute atomic E-state index is 11.7. The van der Waals surface area contributed by atoms with Crippen molar-refractivity contribution in [3.63, 3.8) is 0 Å². The van der Waals surface area contributed by atoms with E-state index in [2.05, 4.69) is 40.4 Å². The lowest BCUT2D eigenvalue weighted by Crippen LogP contribution is -2.31. The lowest BCUT2D eigenvalue weighted by atomic mass is 10.0. The molecule has 0 saturated heterocycles. The first-order chi connectivity index (χ1) is 8.65. The zero-order valence-corrected chi connectivity index (χ0v) is 12.6. The van der Waals surface area contributed by atoms with Crippen LogP contribution in [0.2, 0.25) is 0 Å². The fraction of sp³-hybridized carbons (Fsp3) is 0.500. The highest BCUT2D eigenvalue weighted by atomic mass is 79.9. The Hall–Kier alpha value is -0.870. The van der Waals surface area contributed by atoms with E-state index in [1.54, 1.807) is 0 Å². The second-order valence-corrected chi connectivity index (χ2v) is 5.29. The van der Waals surface area contributed by atoms with Gasteiger partial charge in [0, 0.05) is 10.2 Å². The largest absolute Gasteiger partial charge is 0.325 e. The molecule has 0 bridgehead atoms. The molecule has 0 saturated carbocycles. The Kier molecular flexibility index (Phi) is 6.98. The van der Waals surface area contributed by atoms with E-state index < -0.39 is 0 Å². The van der Waals surface area contributed by atoms with Gasteiger partial charge in [0.1, 0.15) is 0 Å². The Morgan fingerprint density at radius 2 is 2.06 bits per heavy atom. The number of anilines is 1. The number of benzene rings is 1. The minimum absolute atomic E-state index is 0.000874. The van der Waals surface area contributed by atoms with Crippen molar-refractivity contribution in [2.24, 2.45) is 5.92 Å². The molecule has 0 aliphatic rings. The van der Waals surface area contributed by atoms with E-state index in [4.69, 9.17) is 0 Å². The van der Waals surface area contributed by atoms with Crippen molar-refractivity contribution in [1.82, 2.24) is 5.32 Å². The number of halogens is 1. The van der Waals surface area contributed by atoms with Crippen molar-refractivity contribution in [3.05, 3.63) is 28.7 Å². The van der Waals surface area contributed by atoms with Crippen LogP contribution in [-0.4, -0.2) is 19.0 Å². The molecule has 0 aliphatic heterocycles. The topological polar surface area (TPSA) is 41.1 Å². The molecular weight excluding hydrogens is 292 g/mol. The van der Waals surface area contributed by atoms with Crippen LogP contribution in [0.3, 0.4) is 0 Å². The van der Waals surface area contributed by atoms with Crippen LogP contribution in [0, 0.1) is 5.92 Å². The Bertz CT molecular complexity index is 378. The first kappa shape index (κ1) is 15.2. The monoisotopic (exact) mass is 312 g/mol. The highest BCUT2D eigenvalue weighted by Crippen LogP contribution is 2.15. The summed E-state index contributed by atoms with van der Waals surface area (Å²) in [7, 11) is 0. The summed E-state index contributed by atoms with van der Waals surface area (Å²) in [5.41, 5.74) is 0.818. The second kappa shape index (κ2) is 8.27. The minimum atomic E-state index is -0.000874. The van der Waals surface area contributed by atoms with Crippen LogP contribution < -0.4 is 10.6 Å². The maximum atomic E-state index is 11.7. The summed E-state index contributed by atoms with van der Waals surface area (Å²) in [6.45, 7) is 5.62. The Morgan fingerprint density at radius 3 is 2.67 bits per heavy atom. The number of hydrogen-bond acceptors (Lipinski definition) is 2. The average molecular weight is 313 g/mol. The van der Waals surface area contributed by atoms with Crippen molar-refractivity contribution in [2.45, 2.75) is 26.7 Å². The number of hydrogen-bond donors (Lipinski definition) is 2. The van der Waals surface area contributed by atoms with Gasteiger partial charge >= 0.3 is 0 Å². The molecular formula is C14H21BrN2O. The van der Waals surface area contributed by atoms with Crippen LogP contribution in [0.4, 0.5) is 5.69 Å². The Balaban J connectivity index is 2.29. The summed E-state index contributed by atoms with van der Waals surface area (Å²) < 4.78 is 0.963. The molecule has 0 aliphatic carbocycles. The summed E-state index contributed by atoms with van der Waals surface area (Å²) >= 11 is 3.38. The van der Waals surface area contributed by atoms with Gasteiger partial charge in [-0.05, 0) is 30.7 Å². The van der Waals surface area contributed by atoms with Crippen molar-refractivity contribution < 1.29 is 4.79 Å². The molecule has 1 rings (SSSR count). The summed E-state index contributed by atoms with van der Waals surface area (Å²) in [4.78, 5) is 11.7. The van der Waals surface area contributed by atoms with Gasteiger partial charge in [0.05, 0.1) is 6.54 Å². The third kappa shape index (κ3) is 5.65. The molecule has 0 heterocycles. The van der Waals surface area contributed by atoms with Gasteiger partial charge in [0.15, 0.2) is 0 Å². The molecule has 0 radical (unpaired) electrons. The Morgan fingerprint density at radius 1 is 1.33 bits per heavy atom. The van der Waals surface area contributed by atoms with Crippen LogP contribution in [-0.2, 0) is 4.79 Å². The van der Waals surface area contributed by atoms with E-state index >= 15 is 0 Å². The molecule has 4 heteroatoms. The van der Waals surface area contributed by atoms with E-state index in [9.17, 15) is 4.79 Å². The molecule has 0 atom stereocenters. The summed E-state index contributed by atoms with van der Waals surface area (Å²) in [5.74, 6) is 0.655. The molecule has 1 aromatic rings. The summed E-state index contributed by atoms with van der Waals surface area (Å²) in [6, 6.07) is 7.60. The van der Waals surface area contributed by atoms with Gasteiger partial charge in [-0.25, -0.2) is 0 Å². The van der Waals surface area contributed by atoms with Gasteiger partial charge in [0.25, 0.3) is 0 Å². The SMILES string of the molecule is CCC(CC)CNCC(=O)Nc1cccc(Br)c1. The van der Waals surface area contributed by atoms with Gasteiger partial charge < -0.3 is 10.6 Å². The molecule has 1 aromatic carbocycles. The Labute approximate surface area is 117 Å². The number of nitrogens with one attached hydrogen (secondary N) is 2. The van der Waals surface area contributed by atoms with E-state index in [1.807, 2.05) is 24.3 Å². The van der Waals surface area contributed by atoms with Crippen molar-refractivity contribution >= 4 is 27.5 Å². The smallest absolute Gasteiger partial charge is 0.238 e. The molecule has 100 valence electrons. The molecule has 0 unspecified atom stereocenters. The fourth-order valence-electron chi connectivity index (χ4n) is 1.74. The van der Waals surface area contributed by atoms with Crippen LogP contribution >= 0.6 is 15.9 Å². The fourth-order valence-corrected chi connectivity index (χ4v) is 2.14. The first-order valence-corrected chi connectivity index (χ1v) is 7.21. The molecule has 0 aromatic heterocycles. The van der Waals surface area contributed by atoms with Gasteiger partial charge in [-0.3, -0.25) is 4.79 Å². The number of rotatable bonds is 7. The lowest BCUT2D eigenvalue weighted by Gasteiger charge is -2.13. The van der Waals surface area contributed by atoms with Gasteiger partial charge in [-0.2, -0.15) is 0 Å². The third-order valence-electron chi connectivity index (χ3n) is 2.98. The number of carbonyl (C=O) groups is 1. The van der Waals surface area contributed by atoms with E-state index in [0.29, 0.717) is 12.5 Å². The predicted molar refractivity (Wildman–Crippen MR) is 79.7 cm³/mol. The molecule has 1 amide bonds. The van der Waals surface area contributed by atoms with E-state index in [-0.39, 0.29) is 5.91 Å². The van der Waals surface area contributed by atoms with Crippen LogP contribution in [0.25, 0.3) is 0 Å². The standard InChI is InChI=1S/C14H21BrN2O/c1-3-11(4-2)9-16-10-14(18)17-13-7-5-6-12(15)8-13/h5-8,11,16H,3-4,9-10H2,1-2H3,(H,17,18). The van der Waals surface area contributed by atoms with Crippen LogP contribution in [0.5, 0.6) is 0 Å². The quantitative estimate of drug-likeness (QED) is 0.810. The number of amides is 1. The third-order valence-corrected chi connectivity index (χ3v) is 3.47. The average Bonchev–Trinajstić information content (AvgIpc) is 2.34. The lowest BCUT2D eigenvalue weighted by molar-refractivity contribution is -0.115. The summed E-state index contributed by atoms with van der Waals surface area (Å²) in [6.07, 6.45) is 2.30. The van der Waals surface area contributed by atoms with Crippen molar-refractivity contribution in [3.8, 4) is 0 Å². The van der Waals surface area contributed by atoms with E-state index in [1.165, 1.54) is 0 Å². The second-order valence-electron chi connectivity index (χ2n) is 4.37. The van der Waals surface area contributed by atoms with Gasteiger partial charge in [0.2, 0.25) is 5.91 Å². The maximum Gasteiger partial charge on any atom is 0.238 e. The molecule has 0 spiro atoms.